The Hall–Kier alpha value is -1.04. The highest BCUT2D eigenvalue weighted by Crippen LogP contribution is 2.12. The molecule has 0 atom stereocenters. The van der Waals surface area contributed by atoms with E-state index in [0.717, 1.165) is 12.8 Å². The SMILES string of the molecule is Cl.Cl.NC1CCN(C(=O)Oc2cccnc2)CC1. The van der Waals surface area contributed by atoms with E-state index in [1.54, 1.807) is 23.2 Å². The fourth-order valence-corrected chi connectivity index (χ4v) is 1.65. The number of amides is 1. The van der Waals surface area contributed by atoms with Crippen LogP contribution in [0.3, 0.4) is 0 Å². The van der Waals surface area contributed by atoms with Gasteiger partial charge in [0, 0.05) is 25.3 Å². The average Bonchev–Trinajstić information content (AvgIpc) is 2.31. The number of nitrogens with zero attached hydrogens (tertiary/aromatic N) is 2. The van der Waals surface area contributed by atoms with Gasteiger partial charge in [0.2, 0.25) is 0 Å². The summed E-state index contributed by atoms with van der Waals surface area (Å²) in [7, 11) is 0. The van der Waals surface area contributed by atoms with Crippen molar-refractivity contribution in [2.75, 3.05) is 13.1 Å². The zero-order valence-electron chi connectivity index (χ0n) is 9.82. The summed E-state index contributed by atoms with van der Waals surface area (Å²) >= 11 is 0. The van der Waals surface area contributed by atoms with Crippen molar-refractivity contribution in [1.29, 1.82) is 0 Å². The Kier molecular flexibility index (Phi) is 7.66. The summed E-state index contributed by atoms with van der Waals surface area (Å²) < 4.78 is 5.17. The molecule has 5 nitrogen and oxygen atoms in total. The van der Waals surface area contributed by atoms with Crippen LogP contribution in [-0.4, -0.2) is 35.1 Å². The maximum Gasteiger partial charge on any atom is 0.415 e. The summed E-state index contributed by atoms with van der Waals surface area (Å²) in [5.74, 6) is 0.474. The zero-order valence-corrected chi connectivity index (χ0v) is 11.5. The first kappa shape index (κ1) is 17.0. The second-order valence-corrected chi connectivity index (χ2v) is 3.88. The van der Waals surface area contributed by atoms with E-state index >= 15 is 0 Å². The number of pyridine rings is 1. The Balaban J connectivity index is 0.00000144. The molecule has 0 spiro atoms. The zero-order chi connectivity index (χ0) is 11.4. The highest BCUT2D eigenvalue weighted by Gasteiger charge is 2.21. The van der Waals surface area contributed by atoms with E-state index < -0.39 is 0 Å². The quantitative estimate of drug-likeness (QED) is 0.858. The maximum atomic E-state index is 11.7. The molecule has 0 bridgehead atoms. The van der Waals surface area contributed by atoms with Gasteiger partial charge in [-0.1, -0.05) is 0 Å². The van der Waals surface area contributed by atoms with E-state index in [2.05, 4.69) is 4.98 Å². The molecule has 102 valence electrons. The van der Waals surface area contributed by atoms with Crippen LogP contribution in [0, 0.1) is 0 Å². The van der Waals surface area contributed by atoms with Gasteiger partial charge in [0.25, 0.3) is 0 Å². The summed E-state index contributed by atoms with van der Waals surface area (Å²) in [5.41, 5.74) is 5.76. The lowest BCUT2D eigenvalue weighted by Crippen LogP contribution is -2.44. The molecule has 1 aliphatic rings. The Bertz CT molecular complexity index is 357. The van der Waals surface area contributed by atoms with Gasteiger partial charge in [-0.25, -0.2) is 4.79 Å². The van der Waals surface area contributed by atoms with Crippen molar-refractivity contribution in [1.82, 2.24) is 9.88 Å². The molecule has 0 saturated carbocycles. The van der Waals surface area contributed by atoms with Crippen LogP contribution in [-0.2, 0) is 0 Å². The number of carbonyl (C=O) groups is 1. The van der Waals surface area contributed by atoms with Crippen LogP contribution in [0.2, 0.25) is 0 Å². The molecule has 2 heterocycles. The largest absolute Gasteiger partial charge is 0.415 e. The Labute approximate surface area is 119 Å². The van der Waals surface area contributed by atoms with Crippen LogP contribution in [0.1, 0.15) is 12.8 Å². The third-order valence-electron chi connectivity index (χ3n) is 2.64. The number of halogens is 2. The predicted molar refractivity (Wildman–Crippen MR) is 73.5 cm³/mol. The fourth-order valence-electron chi connectivity index (χ4n) is 1.65. The lowest BCUT2D eigenvalue weighted by atomic mass is 10.1. The molecule has 1 saturated heterocycles. The molecule has 0 radical (unpaired) electrons. The van der Waals surface area contributed by atoms with Crippen LogP contribution in [0.15, 0.2) is 24.5 Å². The standard InChI is InChI=1S/C11H15N3O2.2ClH/c12-9-3-6-14(7-4-9)11(15)16-10-2-1-5-13-8-10;;/h1-2,5,8-9H,3-4,6-7,12H2;2*1H. The molecule has 2 rings (SSSR count). The van der Waals surface area contributed by atoms with Crippen LogP contribution in [0.4, 0.5) is 4.79 Å². The minimum Gasteiger partial charge on any atom is -0.409 e. The molecule has 0 aromatic carbocycles. The van der Waals surface area contributed by atoms with Crippen LogP contribution >= 0.6 is 24.8 Å². The smallest absolute Gasteiger partial charge is 0.409 e. The van der Waals surface area contributed by atoms with E-state index in [1.807, 2.05) is 0 Å². The van der Waals surface area contributed by atoms with Crippen molar-refractivity contribution < 1.29 is 9.53 Å². The van der Waals surface area contributed by atoms with Gasteiger partial charge in [-0.3, -0.25) is 4.98 Å². The number of hydrogen-bond acceptors (Lipinski definition) is 4. The molecule has 2 N–H and O–H groups in total. The van der Waals surface area contributed by atoms with Gasteiger partial charge >= 0.3 is 6.09 Å². The van der Waals surface area contributed by atoms with Crippen molar-refractivity contribution >= 4 is 30.9 Å². The van der Waals surface area contributed by atoms with E-state index in [4.69, 9.17) is 10.5 Å². The van der Waals surface area contributed by atoms with Crippen LogP contribution < -0.4 is 10.5 Å². The number of hydrogen-bond donors (Lipinski definition) is 1. The summed E-state index contributed by atoms with van der Waals surface area (Å²) in [6.07, 6.45) is 4.51. The van der Waals surface area contributed by atoms with Gasteiger partial charge in [-0.2, -0.15) is 0 Å². The molecule has 1 amide bonds. The second-order valence-electron chi connectivity index (χ2n) is 3.88. The summed E-state index contributed by atoms with van der Waals surface area (Å²) in [6.45, 7) is 1.33. The van der Waals surface area contributed by atoms with Gasteiger partial charge < -0.3 is 15.4 Å². The molecule has 7 heteroatoms. The molecule has 1 aromatic heterocycles. The molecule has 18 heavy (non-hydrogen) atoms. The number of rotatable bonds is 1. The van der Waals surface area contributed by atoms with Crippen molar-refractivity contribution in [3.63, 3.8) is 0 Å². The number of piperidine rings is 1. The van der Waals surface area contributed by atoms with E-state index in [-0.39, 0.29) is 36.9 Å². The number of ether oxygens (including phenoxy) is 1. The van der Waals surface area contributed by atoms with Crippen molar-refractivity contribution in [2.45, 2.75) is 18.9 Å². The molecule has 0 aliphatic carbocycles. The fraction of sp³-hybridized carbons (Fsp3) is 0.455. The third kappa shape index (κ3) is 4.68. The van der Waals surface area contributed by atoms with Crippen molar-refractivity contribution in [3.8, 4) is 5.75 Å². The summed E-state index contributed by atoms with van der Waals surface area (Å²) in [4.78, 5) is 17.3. The highest BCUT2D eigenvalue weighted by molar-refractivity contribution is 5.85. The van der Waals surface area contributed by atoms with E-state index in [9.17, 15) is 4.79 Å². The first-order valence-corrected chi connectivity index (χ1v) is 5.38. The molecule has 1 fully saturated rings. The molecule has 1 aliphatic heterocycles. The van der Waals surface area contributed by atoms with Gasteiger partial charge in [0.15, 0.2) is 5.75 Å². The first-order valence-electron chi connectivity index (χ1n) is 5.38. The van der Waals surface area contributed by atoms with Crippen LogP contribution in [0.5, 0.6) is 5.75 Å². The normalized spacial score (nSPS) is 15.3. The third-order valence-corrected chi connectivity index (χ3v) is 2.64. The highest BCUT2D eigenvalue weighted by atomic mass is 35.5. The number of aromatic nitrogens is 1. The van der Waals surface area contributed by atoms with E-state index in [0.29, 0.717) is 18.8 Å². The van der Waals surface area contributed by atoms with Crippen molar-refractivity contribution in [3.05, 3.63) is 24.5 Å². The molecular formula is C11H17Cl2N3O2. The molecular weight excluding hydrogens is 277 g/mol. The lowest BCUT2D eigenvalue weighted by molar-refractivity contribution is 0.139. The van der Waals surface area contributed by atoms with Gasteiger partial charge in [-0.15, -0.1) is 24.8 Å². The topological polar surface area (TPSA) is 68.5 Å². The van der Waals surface area contributed by atoms with Crippen molar-refractivity contribution in [2.24, 2.45) is 5.73 Å². The molecule has 0 unspecified atom stereocenters. The number of likely N-dealkylation sites (tertiary alicyclic amines) is 1. The number of carbonyl (C=O) groups excluding carboxylic acids is 1. The monoisotopic (exact) mass is 293 g/mol. The maximum absolute atomic E-state index is 11.7. The van der Waals surface area contributed by atoms with Gasteiger partial charge in [0.1, 0.15) is 0 Å². The number of nitrogens with two attached hydrogens (primary N) is 1. The predicted octanol–water partition coefficient (Wildman–Crippen LogP) is 1.85. The Morgan fingerprint density at radius 2 is 2.06 bits per heavy atom. The summed E-state index contributed by atoms with van der Waals surface area (Å²) in [6, 6.07) is 3.65. The lowest BCUT2D eigenvalue weighted by Gasteiger charge is -2.29. The Morgan fingerprint density at radius 1 is 1.39 bits per heavy atom. The minimum atomic E-state index is -0.320. The van der Waals surface area contributed by atoms with Gasteiger partial charge in [0.05, 0.1) is 6.20 Å². The Morgan fingerprint density at radius 3 is 2.61 bits per heavy atom. The van der Waals surface area contributed by atoms with Crippen LogP contribution in [0.25, 0.3) is 0 Å². The summed E-state index contributed by atoms with van der Waals surface area (Å²) in [5, 5.41) is 0. The molecule has 1 aromatic rings. The van der Waals surface area contributed by atoms with Gasteiger partial charge in [-0.05, 0) is 25.0 Å². The van der Waals surface area contributed by atoms with E-state index in [1.165, 1.54) is 6.20 Å². The minimum absolute atomic E-state index is 0. The first-order chi connectivity index (χ1) is 7.75. The second kappa shape index (κ2) is 8.13. The average molecular weight is 294 g/mol.